The first-order chi connectivity index (χ1) is 11.4. The van der Waals surface area contributed by atoms with Gasteiger partial charge in [0, 0.05) is 5.02 Å². The first-order valence-electron chi connectivity index (χ1n) is 7.14. The van der Waals surface area contributed by atoms with Crippen molar-refractivity contribution >= 4 is 23.4 Å². The van der Waals surface area contributed by atoms with Gasteiger partial charge < -0.3 is 15.8 Å². The zero-order chi connectivity index (χ0) is 17.7. The van der Waals surface area contributed by atoms with E-state index in [1.54, 1.807) is 19.1 Å². The van der Waals surface area contributed by atoms with Gasteiger partial charge in [0.2, 0.25) is 0 Å². The smallest absolute Gasteiger partial charge is 0.258 e. The Bertz CT molecular complexity index is 750. The second kappa shape index (κ2) is 7.79. The molecule has 0 aliphatic carbocycles. The van der Waals surface area contributed by atoms with E-state index in [-0.39, 0.29) is 29.8 Å². The molecule has 24 heavy (non-hydrogen) atoms. The fourth-order valence-corrected chi connectivity index (χ4v) is 2.25. The second-order valence-electron chi connectivity index (χ2n) is 5.13. The van der Waals surface area contributed by atoms with Crippen molar-refractivity contribution in [3.63, 3.8) is 0 Å². The number of rotatable bonds is 6. The number of nitrogens with two attached hydrogens (primary N) is 1. The Hall–Kier alpha value is -2.60. The van der Waals surface area contributed by atoms with Gasteiger partial charge in [-0.15, -0.1) is 0 Å². The van der Waals surface area contributed by atoms with Crippen molar-refractivity contribution in [3.8, 4) is 5.75 Å². The molecule has 5 nitrogen and oxygen atoms in total. The minimum atomic E-state index is -0.701. The summed E-state index contributed by atoms with van der Waals surface area (Å²) < 4.78 is 18.2. The molecule has 2 amide bonds. The molecule has 0 heterocycles. The molecule has 0 unspecified atom stereocenters. The fourth-order valence-electron chi connectivity index (χ4n) is 2.08. The van der Waals surface area contributed by atoms with E-state index in [2.05, 4.69) is 5.32 Å². The number of amides is 2. The normalized spacial score (nSPS) is 11.6. The van der Waals surface area contributed by atoms with Crippen molar-refractivity contribution in [1.82, 2.24) is 5.32 Å². The molecule has 126 valence electrons. The van der Waals surface area contributed by atoms with Crippen LogP contribution in [0.5, 0.6) is 5.75 Å². The average Bonchev–Trinajstić information content (AvgIpc) is 2.54. The van der Waals surface area contributed by atoms with Crippen LogP contribution in [0.4, 0.5) is 4.39 Å². The Morgan fingerprint density at radius 2 is 1.92 bits per heavy atom. The third kappa shape index (κ3) is 4.70. The number of nitrogens with one attached hydrogen (secondary N) is 1. The van der Waals surface area contributed by atoms with Crippen LogP contribution in [0.2, 0.25) is 5.02 Å². The van der Waals surface area contributed by atoms with Gasteiger partial charge in [-0.05, 0) is 42.8 Å². The summed E-state index contributed by atoms with van der Waals surface area (Å²) in [5.74, 6) is -1.26. The molecule has 0 spiro atoms. The van der Waals surface area contributed by atoms with E-state index in [0.29, 0.717) is 5.02 Å². The van der Waals surface area contributed by atoms with Crippen LogP contribution in [0.3, 0.4) is 0 Å². The molecule has 0 aromatic heterocycles. The molecule has 0 aliphatic heterocycles. The predicted molar refractivity (Wildman–Crippen MR) is 88.4 cm³/mol. The summed E-state index contributed by atoms with van der Waals surface area (Å²) in [5, 5.41) is 3.06. The molecule has 0 aliphatic rings. The van der Waals surface area contributed by atoms with E-state index in [0.717, 1.165) is 5.56 Å². The number of hydrogen-bond donors (Lipinski definition) is 2. The lowest BCUT2D eigenvalue weighted by atomic mass is 10.1. The van der Waals surface area contributed by atoms with Crippen molar-refractivity contribution in [1.29, 1.82) is 0 Å². The van der Waals surface area contributed by atoms with Gasteiger partial charge in [0.1, 0.15) is 11.6 Å². The number of ether oxygens (including phenoxy) is 1. The van der Waals surface area contributed by atoms with Crippen molar-refractivity contribution in [2.45, 2.75) is 13.0 Å². The van der Waals surface area contributed by atoms with E-state index < -0.39 is 11.8 Å². The summed E-state index contributed by atoms with van der Waals surface area (Å²) in [6.07, 6.45) is 0. The number of benzene rings is 2. The van der Waals surface area contributed by atoms with Crippen LogP contribution in [0.1, 0.15) is 28.9 Å². The predicted octanol–water partition coefficient (Wildman–Crippen LogP) is 2.83. The zero-order valence-electron chi connectivity index (χ0n) is 12.9. The largest absolute Gasteiger partial charge is 0.483 e. The summed E-state index contributed by atoms with van der Waals surface area (Å²) in [4.78, 5) is 23.3. The highest BCUT2D eigenvalue weighted by molar-refractivity contribution is 6.31. The van der Waals surface area contributed by atoms with Crippen LogP contribution in [-0.2, 0) is 4.79 Å². The zero-order valence-corrected chi connectivity index (χ0v) is 13.6. The van der Waals surface area contributed by atoms with Gasteiger partial charge in [-0.3, -0.25) is 9.59 Å². The average molecular weight is 351 g/mol. The molecule has 0 saturated heterocycles. The lowest BCUT2D eigenvalue weighted by molar-refractivity contribution is -0.123. The van der Waals surface area contributed by atoms with Crippen LogP contribution in [0, 0.1) is 5.82 Å². The number of hydrogen-bond acceptors (Lipinski definition) is 3. The van der Waals surface area contributed by atoms with E-state index in [1.165, 1.54) is 30.3 Å². The van der Waals surface area contributed by atoms with E-state index >= 15 is 0 Å². The van der Waals surface area contributed by atoms with Gasteiger partial charge in [0.15, 0.2) is 6.61 Å². The first kappa shape index (κ1) is 17.7. The minimum absolute atomic E-state index is 0.0990. The lowest BCUT2D eigenvalue weighted by Gasteiger charge is -2.15. The number of carbonyl (C=O) groups excluding carboxylic acids is 2. The number of carbonyl (C=O) groups is 2. The molecule has 0 radical (unpaired) electrons. The summed E-state index contributed by atoms with van der Waals surface area (Å²) in [6.45, 7) is 1.47. The van der Waals surface area contributed by atoms with Crippen LogP contribution in [0.25, 0.3) is 0 Å². The van der Waals surface area contributed by atoms with Crippen LogP contribution in [0.15, 0.2) is 42.5 Å². The molecular formula is C17H16ClFN2O3. The van der Waals surface area contributed by atoms with Crippen molar-refractivity contribution in [2.75, 3.05) is 6.61 Å². The SMILES string of the molecule is C[C@@H](NC(=O)COc1ccc(Cl)cc1C(N)=O)c1ccc(F)cc1. The standard InChI is InChI=1S/C17H16ClFN2O3/c1-10(11-2-5-13(19)6-3-11)21-16(22)9-24-15-7-4-12(18)8-14(15)17(20)23/h2-8,10H,9H2,1H3,(H2,20,23)(H,21,22)/t10-/m1/s1. The Balaban J connectivity index is 1.96. The fraction of sp³-hybridized carbons (Fsp3) is 0.176. The maximum Gasteiger partial charge on any atom is 0.258 e. The second-order valence-corrected chi connectivity index (χ2v) is 5.57. The van der Waals surface area contributed by atoms with E-state index in [4.69, 9.17) is 22.1 Å². The lowest BCUT2D eigenvalue weighted by Crippen LogP contribution is -2.31. The van der Waals surface area contributed by atoms with E-state index in [1.807, 2.05) is 0 Å². The van der Waals surface area contributed by atoms with Crippen LogP contribution >= 0.6 is 11.6 Å². The highest BCUT2D eigenvalue weighted by atomic mass is 35.5. The Morgan fingerprint density at radius 1 is 1.25 bits per heavy atom. The van der Waals surface area contributed by atoms with Gasteiger partial charge in [-0.25, -0.2) is 4.39 Å². The highest BCUT2D eigenvalue weighted by Gasteiger charge is 2.14. The van der Waals surface area contributed by atoms with Gasteiger partial charge in [-0.2, -0.15) is 0 Å². The highest BCUT2D eigenvalue weighted by Crippen LogP contribution is 2.22. The van der Waals surface area contributed by atoms with Crippen molar-refractivity contribution in [2.24, 2.45) is 5.73 Å². The molecule has 0 bridgehead atoms. The Morgan fingerprint density at radius 3 is 2.54 bits per heavy atom. The third-order valence-electron chi connectivity index (χ3n) is 3.31. The molecule has 2 rings (SSSR count). The molecule has 0 saturated carbocycles. The minimum Gasteiger partial charge on any atom is -0.483 e. The summed E-state index contributed by atoms with van der Waals surface area (Å²) in [7, 11) is 0. The topological polar surface area (TPSA) is 81.4 Å². The quantitative estimate of drug-likeness (QED) is 0.840. The third-order valence-corrected chi connectivity index (χ3v) is 3.55. The van der Waals surface area contributed by atoms with Crippen molar-refractivity contribution < 1.29 is 18.7 Å². The van der Waals surface area contributed by atoms with Gasteiger partial charge >= 0.3 is 0 Å². The summed E-state index contributed by atoms with van der Waals surface area (Å²) in [6, 6.07) is 9.88. The monoisotopic (exact) mass is 350 g/mol. The Kier molecular flexibility index (Phi) is 5.76. The van der Waals surface area contributed by atoms with Crippen LogP contribution in [-0.4, -0.2) is 18.4 Å². The number of primary amides is 1. The first-order valence-corrected chi connectivity index (χ1v) is 7.51. The van der Waals surface area contributed by atoms with E-state index in [9.17, 15) is 14.0 Å². The van der Waals surface area contributed by atoms with Gasteiger partial charge in [0.25, 0.3) is 11.8 Å². The number of halogens is 2. The molecule has 1 atom stereocenters. The maximum absolute atomic E-state index is 12.9. The maximum atomic E-state index is 12.9. The summed E-state index contributed by atoms with van der Waals surface area (Å²) in [5.41, 5.74) is 6.11. The van der Waals surface area contributed by atoms with Crippen molar-refractivity contribution in [3.05, 3.63) is 64.4 Å². The van der Waals surface area contributed by atoms with Gasteiger partial charge in [0.05, 0.1) is 11.6 Å². The summed E-state index contributed by atoms with van der Waals surface area (Å²) >= 11 is 5.80. The molecule has 7 heteroatoms. The van der Waals surface area contributed by atoms with Gasteiger partial charge in [-0.1, -0.05) is 23.7 Å². The molecule has 0 fully saturated rings. The Labute approximate surface area is 143 Å². The van der Waals surface area contributed by atoms with Crippen LogP contribution < -0.4 is 15.8 Å². The molecular weight excluding hydrogens is 335 g/mol. The molecule has 2 aromatic rings. The molecule has 3 N–H and O–H groups in total. The molecule has 2 aromatic carbocycles.